The molecule has 0 radical (unpaired) electrons. The van der Waals surface area contributed by atoms with Gasteiger partial charge < -0.3 is 5.11 Å². The highest BCUT2D eigenvalue weighted by Gasteiger charge is 2.22. The molecule has 0 saturated heterocycles. The number of sulfonamides is 1. The van der Waals surface area contributed by atoms with E-state index in [1.165, 1.54) is 10.4 Å². The van der Waals surface area contributed by atoms with Crippen LogP contribution in [-0.2, 0) is 23.1 Å². The molecule has 0 aliphatic heterocycles. The van der Waals surface area contributed by atoms with Gasteiger partial charge in [-0.3, -0.25) is 4.98 Å². The molecule has 0 bridgehead atoms. The third kappa shape index (κ3) is 3.43. The summed E-state index contributed by atoms with van der Waals surface area (Å²) >= 11 is 1.13. The molecule has 0 fully saturated rings. The van der Waals surface area contributed by atoms with E-state index in [4.69, 9.17) is 5.11 Å². The normalized spacial score (nSPS) is 11.9. The van der Waals surface area contributed by atoms with E-state index in [-0.39, 0.29) is 10.8 Å². The first-order chi connectivity index (χ1) is 9.54. The number of thiophene rings is 1. The number of nitrogens with zero attached hydrogens (tertiary/aromatic N) is 2. The maximum atomic E-state index is 12.3. The van der Waals surface area contributed by atoms with Crippen molar-refractivity contribution < 1.29 is 13.5 Å². The average molecular weight is 312 g/mol. The second-order valence-corrected chi connectivity index (χ2v) is 7.51. The molecule has 108 valence electrons. The fourth-order valence-corrected chi connectivity index (χ4v) is 4.24. The molecule has 7 heteroatoms. The van der Waals surface area contributed by atoms with Crippen molar-refractivity contribution in [2.24, 2.45) is 0 Å². The average Bonchev–Trinajstić information content (AvgIpc) is 2.95. The molecule has 0 aliphatic carbocycles. The van der Waals surface area contributed by atoms with Gasteiger partial charge >= 0.3 is 0 Å². The number of hydrogen-bond acceptors (Lipinski definition) is 5. The molecule has 0 saturated carbocycles. The van der Waals surface area contributed by atoms with E-state index in [0.717, 1.165) is 17.0 Å². The van der Waals surface area contributed by atoms with E-state index in [1.807, 2.05) is 18.2 Å². The molecule has 2 heterocycles. The van der Waals surface area contributed by atoms with Crippen LogP contribution >= 0.6 is 11.3 Å². The van der Waals surface area contributed by atoms with Crippen molar-refractivity contribution in [3.8, 4) is 0 Å². The zero-order chi connectivity index (χ0) is 14.6. The Morgan fingerprint density at radius 1 is 1.40 bits per heavy atom. The van der Waals surface area contributed by atoms with Crippen LogP contribution in [0.5, 0.6) is 0 Å². The second kappa shape index (κ2) is 6.45. The van der Waals surface area contributed by atoms with E-state index in [1.54, 1.807) is 18.6 Å². The lowest BCUT2D eigenvalue weighted by Crippen LogP contribution is -2.28. The van der Waals surface area contributed by atoms with Crippen molar-refractivity contribution in [1.29, 1.82) is 0 Å². The number of aliphatic hydroxyl groups excluding tert-OH is 1. The van der Waals surface area contributed by atoms with Crippen LogP contribution in [0.2, 0.25) is 0 Å². The summed E-state index contributed by atoms with van der Waals surface area (Å²) in [6, 6.07) is 7.09. The van der Waals surface area contributed by atoms with Crippen molar-refractivity contribution in [3.63, 3.8) is 0 Å². The minimum Gasteiger partial charge on any atom is -0.392 e. The van der Waals surface area contributed by atoms with Crippen LogP contribution in [0.3, 0.4) is 0 Å². The van der Waals surface area contributed by atoms with E-state index < -0.39 is 10.0 Å². The summed E-state index contributed by atoms with van der Waals surface area (Å²) in [7, 11) is -1.93. The highest BCUT2D eigenvalue weighted by Crippen LogP contribution is 2.23. The number of rotatable bonds is 6. The summed E-state index contributed by atoms with van der Waals surface area (Å²) in [6.45, 7) is 0.218. The number of aliphatic hydroxyl groups is 1. The highest BCUT2D eigenvalue weighted by atomic mass is 32.2. The van der Waals surface area contributed by atoms with E-state index in [2.05, 4.69) is 4.98 Å². The van der Waals surface area contributed by atoms with Crippen LogP contribution < -0.4 is 0 Å². The molecular formula is C13H16N2O3S2. The first kappa shape index (κ1) is 15.1. The standard InChI is InChI=1S/C13H16N2O3S2/c1-15(7-5-12-4-2-3-6-14-12)20(17,18)13-8-11(9-16)10-19-13/h2-4,6,8,10,16H,5,7,9H2,1H3. The topological polar surface area (TPSA) is 70.5 Å². The van der Waals surface area contributed by atoms with Gasteiger partial charge in [0.1, 0.15) is 4.21 Å². The van der Waals surface area contributed by atoms with E-state index in [0.29, 0.717) is 18.5 Å². The van der Waals surface area contributed by atoms with E-state index >= 15 is 0 Å². The number of likely N-dealkylation sites (N-methyl/N-ethyl adjacent to an activating group) is 1. The molecule has 0 aromatic carbocycles. The summed E-state index contributed by atoms with van der Waals surface area (Å²) in [5.41, 5.74) is 1.48. The minimum absolute atomic E-state index is 0.149. The fraction of sp³-hybridized carbons (Fsp3) is 0.308. The van der Waals surface area contributed by atoms with Crippen LogP contribution in [0.25, 0.3) is 0 Å². The van der Waals surface area contributed by atoms with Crippen molar-refractivity contribution in [2.75, 3.05) is 13.6 Å². The maximum absolute atomic E-state index is 12.3. The third-order valence-electron chi connectivity index (χ3n) is 2.89. The Morgan fingerprint density at radius 2 is 2.20 bits per heavy atom. The van der Waals surface area contributed by atoms with Gasteiger partial charge in [0.15, 0.2) is 0 Å². The van der Waals surface area contributed by atoms with Gasteiger partial charge in [-0.15, -0.1) is 11.3 Å². The summed E-state index contributed by atoms with van der Waals surface area (Å²) in [5.74, 6) is 0. The van der Waals surface area contributed by atoms with Crippen LogP contribution in [0, 0.1) is 0 Å². The molecule has 0 spiro atoms. The number of aromatic nitrogens is 1. The van der Waals surface area contributed by atoms with Gasteiger partial charge in [-0.25, -0.2) is 8.42 Å². The maximum Gasteiger partial charge on any atom is 0.252 e. The Hall–Kier alpha value is -1.28. The Labute approximate surface area is 122 Å². The van der Waals surface area contributed by atoms with Crippen LogP contribution in [0.4, 0.5) is 0 Å². The Bertz CT molecular complexity index is 653. The largest absolute Gasteiger partial charge is 0.392 e. The first-order valence-corrected chi connectivity index (χ1v) is 8.40. The molecule has 0 unspecified atom stereocenters. The van der Waals surface area contributed by atoms with Gasteiger partial charge in [-0.05, 0) is 29.1 Å². The quantitative estimate of drug-likeness (QED) is 0.877. The predicted molar refractivity (Wildman–Crippen MR) is 78.0 cm³/mol. The van der Waals surface area contributed by atoms with Crippen LogP contribution in [0.15, 0.2) is 40.1 Å². The Kier molecular flexibility index (Phi) is 4.87. The van der Waals surface area contributed by atoms with E-state index in [9.17, 15) is 8.42 Å². The molecular weight excluding hydrogens is 296 g/mol. The van der Waals surface area contributed by atoms with Gasteiger partial charge in [0.25, 0.3) is 10.0 Å². The van der Waals surface area contributed by atoms with Gasteiger partial charge in [-0.1, -0.05) is 6.07 Å². The molecule has 1 N–H and O–H groups in total. The Morgan fingerprint density at radius 3 is 2.80 bits per heavy atom. The SMILES string of the molecule is CN(CCc1ccccn1)S(=O)(=O)c1cc(CO)cs1. The molecule has 2 aromatic heterocycles. The predicted octanol–water partition coefficient (Wildman–Crippen LogP) is 1.50. The van der Waals surface area contributed by atoms with Gasteiger partial charge in [0.2, 0.25) is 0 Å². The lowest BCUT2D eigenvalue weighted by molar-refractivity contribution is 0.282. The molecule has 5 nitrogen and oxygen atoms in total. The molecule has 0 aliphatic rings. The number of hydrogen-bond donors (Lipinski definition) is 1. The zero-order valence-electron chi connectivity index (χ0n) is 11.1. The monoisotopic (exact) mass is 312 g/mol. The molecule has 0 amide bonds. The smallest absolute Gasteiger partial charge is 0.252 e. The molecule has 2 aromatic rings. The van der Waals surface area contributed by atoms with Crippen LogP contribution in [-0.4, -0.2) is 36.4 Å². The van der Waals surface area contributed by atoms with Crippen LogP contribution in [0.1, 0.15) is 11.3 Å². The lowest BCUT2D eigenvalue weighted by atomic mass is 10.3. The van der Waals surface area contributed by atoms with Crippen molar-refractivity contribution >= 4 is 21.4 Å². The molecule has 0 atom stereocenters. The summed E-state index contributed by atoms with van der Waals surface area (Å²) in [6.07, 6.45) is 2.26. The first-order valence-electron chi connectivity index (χ1n) is 6.08. The highest BCUT2D eigenvalue weighted by molar-refractivity contribution is 7.91. The van der Waals surface area contributed by atoms with Gasteiger partial charge in [0, 0.05) is 31.9 Å². The summed E-state index contributed by atoms with van der Waals surface area (Å²) in [5, 5.41) is 10.6. The lowest BCUT2D eigenvalue weighted by Gasteiger charge is -2.15. The Balaban J connectivity index is 2.05. The van der Waals surface area contributed by atoms with Gasteiger partial charge in [0.05, 0.1) is 6.61 Å². The number of pyridine rings is 1. The molecule has 20 heavy (non-hydrogen) atoms. The summed E-state index contributed by atoms with van der Waals surface area (Å²) in [4.78, 5) is 4.17. The van der Waals surface area contributed by atoms with Crippen molar-refractivity contribution in [3.05, 3.63) is 47.1 Å². The van der Waals surface area contributed by atoms with Crippen molar-refractivity contribution in [1.82, 2.24) is 9.29 Å². The minimum atomic E-state index is -3.49. The summed E-state index contributed by atoms with van der Waals surface area (Å²) < 4.78 is 26.2. The third-order valence-corrected chi connectivity index (χ3v) is 6.21. The molecule has 2 rings (SSSR count). The van der Waals surface area contributed by atoms with Gasteiger partial charge in [-0.2, -0.15) is 4.31 Å². The van der Waals surface area contributed by atoms with Crippen molar-refractivity contribution in [2.45, 2.75) is 17.2 Å². The second-order valence-electron chi connectivity index (χ2n) is 4.33. The fourth-order valence-electron chi connectivity index (χ4n) is 1.66. The zero-order valence-corrected chi connectivity index (χ0v) is 12.7.